The van der Waals surface area contributed by atoms with Crippen molar-refractivity contribution in [3.8, 4) is 17.6 Å². The fraction of sp³-hybridized carbons (Fsp3) is 0.150. The second kappa shape index (κ2) is 9.39. The average Bonchev–Trinajstić information content (AvgIpc) is 3.18. The Hall–Kier alpha value is -3.57. The Kier molecular flexibility index (Phi) is 6.44. The third-order valence-corrected chi connectivity index (χ3v) is 4.43. The van der Waals surface area contributed by atoms with Gasteiger partial charge in [0.2, 0.25) is 0 Å². The fourth-order valence-electron chi connectivity index (χ4n) is 2.25. The molecule has 1 N–H and O–H groups in total. The SMILES string of the molecule is COc1ccc(Nc2nc(COC(=O)COc3ccccc3C#N)cs2)cc1. The fourth-order valence-corrected chi connectivity index (χ4v) is 2.96. The Morgan fingerprint density at radius 2 is 2.00 bits per heavy atom. The molecule has 1 aromatic heterocycles. The Balaban J connectivity index is 1.47. The van der Waals surface area contributed by atoms with E-state index in [0.29, 0.717) is 22.1 Å². The van der Waals surface area contributed by atoms with Crippen LogP contribution < -0.4 is 14.8 Å². The zero-order chi connectivity index (χ0) is 19.8. The van der Waals surface area contributed by atoms with Crippen LogP contribution in [-0.4, -0.2) is 24.7 Å². The summed E-state index contributed by atoms with van der Waals surface area (Å²) >= 11 is 1.41. The van der Waals surface area contributed by atoms with Crippen molar-refractivity contribution in [1.82, 2.24) is 4.98 Å². The van der Waals surface area contributed by atoms with Crippen LogP contribution in [-0.2, 0) is 16.1 Å². The van der Waals surface area contributed by atoms with E-state index in [0.717, 1.165) is 11.4 Å². The van der Waals surface area contributed by atoms with E-state index in [9.17, 15) is 4.79 Å². The van der Waals surface area contributed by atoms with Gasteiger partial charge in [-0.2, -0.15) is 5.26 Å². The first-order valence-corrected chi connectivity index (χ1v) is 9.19. The molecule has 8 heteroatoms. The van der Waals surface area contributed by atoms with Crippen molar-refractivity contribution in [3.05, 3.63) is 65.2 Å². The van der Waals surface area contributed by atoms with Crippen LogP contribution in [0.1, 0.15) is 11.3 Å². The van der Waals surface area contributed by atoms with Crippen molar-refractivity contribution in [2.45, 2.75) is 6.61 Å². The summed E-state index contributed by atoms with van der Waals surface area (Å²) in [6, 6.07) is 16.2. The highest BCUT2D eigenvalue weighted by Crippen LogP contribution is 2.23. The van der Waals surface area contributed by atoms with Crippen LogP contribution in [0.3, 0.4) is 0 Å². The molecule has 0 saturated carbocycles. The number of rotatable bonds is 8. The van der Waals surface area contributed by atoms with Crippen molar-refractivity contribution in [2.24, 2.45) is 0 Å². The first-order chi connectivity index (χ1) is 13.7. The second-order valence-corrected chi connectivity index (χ2v) is 6.41. The van der Waals surface area contributed by atoms with E-state index < -0.39 is 5.97 Å². The minimum Gasteiger partial charge on any atom is -0.497 e. The number of nitrogens with zero attached hydrogens (tertiary/aromatic N) is 2. The summed E-state index contributed by atoms with van der Waals surface area (Å²) < 4.78 is 15.6. The van der Waals surface area contributed by atoms with Gasteiger partial charge >= 0.3 is 5.97 Å². The summed E-state index contributed by atoms with van der Waals surface area (Å²) in [6.45, 7) is -0.233. The third kappa shape index (κ3) is 5.22. The zero-order valence-corrected chi connectivity index (χ0v) is 15.9. The molecule has 28 heavy (non-hydrogen) atoms. The summed E-state index contributed by atoms with van der Waals surface area (Å²) in [7, 11) is 1.62. The number of thiazole rings is 1. The molecular formula is C20H17N3O4S. The maximum Gasteiger partial charge on any atom is 0.344 e. The number of para-hydroxylation sites is 1. The van der Waals surface area contributed by atoms with E-state index in [1.165, 1.54) is 11.3 Å². The lowest BCUT2D eigenvalue weighted by Gasteiger charge is -2.07. The van der Waals surface area contributed by atoms with E-state index >= 15 is 0 Å². The van der Waals surface area contributed by atoms with Gasteiger partial charge in [-0.1, -0.05) is 12.1 Å². The largest absolute Gasteiger partial charge is 0.497 e. The van der Waals surface area contributed by atoms with Crippen LogP contribution in [0.25, 0.3) is 0 Å². The van der Waals surface area contributed by atoms with Crippen molar-refractivity contribution >= 4 is 28.1 Å². The van der Waals surface area contributed by atoms with E-state index in [2.05, 4.69) is 10.3 Å². The number of benzene rings is 2. The first kappa shape index (κ1) is 19.2. The number of esters is 1. The van der Waals surface area contributed by atoms with E-state index in [1.54, 1.807) is 31.4 Å². The summed E-state index contributed by atoms with van der Waals surface area (Å²) in [5, 5.41) is 14.7. The van der Waals surface area contributed by atoms with Gasteiger partial charge in [-0.05, 0) is 36.4 Å². The highest BCUT2D eigenvalue weighted by Gasteiger charge is 2.09. The lowest BCUT2D eigenvalue weighted by molar-refractivity contribution is -0.147. The molecule has 0 aliphatic rings. The van der Waals surface area contributed by atoms with Gasteiger partial charge in [0.25, 0.3) is 0 Å². The summed E-state index contributed by atoms with van der Waals surface area (Å²) in [4.78, 5) is 16.2. The topological polar surface area (TPSA) is 93.5 Å². The molecule has 0 amide bonds. The van der Waals surface area contributed by atoms with Crippen molar-refractivity contribution < 1.29 is 19.0 Å². The molecule has 142 valence electrons. The number of methoxy groups -OCH3 is 1. The van der Waals surface area contributed by atoms with Gasteiger partial charge in [0.15, 0.2) is 11.7 Å². The van der Waals surface area contributed by atoms with Gasteiger partial charge in [-0.3, -0.25) is 0 Å². The van der Waals surface area contributed by atoms with Gasteiger partial charge in [0, 0.05) is 11.1 Å². The van der Waals surface area contributed by atoms with Crippen LogP contribution >= 0.6 is 11.3 Å². The lowest BCUT2D eigenvalue weighted by Crippen LogP contribution is -2.15. The highest BCUT2D eigenvalue weighted by molar-refractivity contribution is 7.13. The van der Waals surface area contributed by atoms with Crippen LogP contribution in [0.2, 0.25) is 0 Å². The predicted octanol–water partition coefficient (Wildman–Crippen LogP) is 3.89. The van der Waals surface area contributed by atoms with Gasteiger partial charge in [0.1, 0.15) is 24.2 Å². The third-order valence-electron chi connectivity index (χ3n) is 3.63. The van der Waals surface area contributed by atoms with Gasteiger partial charge in [-0.25, -0.2) is 9.78 Å². The molecule has 7 nitrogen and oxygen atoms in total. The molecule has 0 fully saturated rings. The molecular weight excluding hydrogens is 378 g/mol. The number of anilines is 2. The number of nitriles is 1. The van der Waals surface area contributed by atoms with Crippen molar-refractivity contribution in [2.75, 3.05) is 19.0 Å². The van der Waals surface area contributed by atoms with Gasteiger partial charge < -0.3 is 19.5 Å². The molecule has 1 heterocycles. The molecule has 0 aliphatic heterocycles. The number of hydrogen-bond acceptors (Lipinski definition) is 8. The summed E-state index contributed by atoms with van der Waals surface area (Å²) in [6.07, 6.45) is 0. The smallest absolute Gasteiger partial charge is 0.344 e. The molecule has 0 atom stereocenters. The molecule has 3 rings (SSSR count). The van der Waals surface area contributed by atoms with E-state index in [4.69, 9.17) is 19.5 Å². The minimum absolute atomic E-state index is 0.0445. The normalized spacial score (nSPS) is 10.0. The molecule has 0 spiro atoms. The van der Waals surface area contributed by atoms with Gasteiger partial charge in [-0.15, -0.1) is 11.3 Å². The number of nitrogens with one attached hydrogen (secondary N) is 1. The van der Waals surface area contributed by atoms with Crippen LogP contribution in [0.5, 0.6) is 11.5 Å². The number of ether oxygens (including phenoxy) is 3. The Labute approximate surface area is 166 Å². The van der Waals surface area contributed by atoms with Crippen molar-refractivity contribution in [1.29, 1.82) is 5.26 Å². The molecule has 3 aromatic rings. The van der Waals surface area contributed by atoms with Crippen LogP contribution in [0.4, 0.5) is 10.8 Å². The molecule has 0 saturated heterocycles. The summed E-state index contributed by atoms with van der Waals surface area (Å²) in [5.41, 5.74) is 1.87. The molecule has 2 aromatic carbocycles. The Morgan fingerprint density at radius 1 is 1.21 bits per heavy atom. The maximum absolute atomic E-state index is 11.9. The number of carbonyl (C=O) groups excluding carboxylic acids is 1. The molecule has 0 unspecified atom stereocenters. The minimum atomic E-state index is -0.537. The van der Waals surface area contributed by atoms with Crippen LogP contribution in [0.15, 0.2) is 53.9 Å². The monoisotopic (exact) mass is 395 g/mol. The lowest BCUT2D eigenvalue weighted by atomic mass is 10.2. The molecule has 0 aliphatic carbocycles. The van der Waals surface area contributed by atoms with E-state index in [-0.39, 0.29) is 13.2 Å². The van der Waals surface area contributed by atoms with Crippen LogP contribution in [0, 0.1) is 11.3 Å². The Morgan fingerprint density at radius 3 is 2.75 bits per heavy atom. The quantitative estimate of drug-likeness (QED) is 0.578. The number of hydrogen-bond donors (Lipinski definition) is 1. The zero-order valence-electron chi connectivity index (χ0n) is 15.0. The summed E-state index contributed by atoms with van der Waals surface area (Å²) in [5.74, 6) is 0.587. The number of carbonyl (C=O) groups is 1. The predicted molar refractivity (Wildman–Crippen MR) is 105 cm³/mol. The molecule has 0 radical (unpaired) electrons. The standard InChI is InChI=1S/C20H17N3O4S/c1-25-17-8-6-15(7-9-17)22-20-23-16(13-28-20)11-27-19(24)12-26-18-5-3-2-4-14(18)10-21/h2-9,13H,11-12H2,1H3,(H,22,23). The Bertz CT molecular complexity index is 980. The number of aromatic nitrogens is 1. The molecule has 0 bridgehead atoms. The van der Waals surface area contributed by atoms with Gasteiger partial charge in [0.05, 0.1) is 18.4 Å². The average molecular weight is 395 g/mol. The highest BCUT2D eigenvalue weighted by atomic mass is 32.1. The van der Waals surface area contributed by atoms with Crippen molar-refractivity contribution in [3.63, 3.8) is 0 Å². The maximum atomic E-state index is 11.9. The second-order valence-electron chi connectivity index (χ2n) is 5.55. The first-order valence-electron chi connectivity index (χ1n) is 8.31. The van der Waals surface area contributed by atoms with E-state index in [1.807, 2.05) is 35.7 Å².